The number of aromatic nitrogens is 1. The fourth-order valence-corrected chi connectivity index (χ4v) is 4.42. The Morgan fingerprint density at radius 3 is 2.34 bits per heavy atom. The van der Waals surface area contributed by atoms with Gasteiger partial charge < -0.3 is 15.0 Å². The minimum absolute atomic E-state index is 0.0621. The Balaban J connectivity index is 1.63. The number of pyridine rings is 1. The van der Waals surface area contributed by atoms with E-state index in [4.69, 9.17) is 4.74 Å². The molecule has 1 fully saturated rings. The molecule has 0 atom stereocenters. The molecule has 1 aliphatic heterocycles. The minimum atomic E-state index is -3.99. The predicted octanol–water partition coefficient (Wildman–Crippen LogP) is 1.46. The Hall–Kier alpha value is -2.63. The van der Waals surface area contributed by atoms with E-state index in [-0.39, 0.29) is 25.6 Å². The van der Waals surface area contributed by atoms with Crippen molar-refractivity contribution >= 4 is 27.4 Å². The summed E-state index contributed by atoms with van der Waals surface area (Å²) in [6.45, 7) is 0.954. The zero-order valence-electron chi connectivity index (χ0n) is 15.6. The highest BCUT2D eigenvalue weighted by molar-refractivity contribution is 7.89. The first-order chi connectivity index (χ1) is 13.8. The summed E-state index contributed by atoms with van der Waals surface area (Å²) >= 11 is 0. The number of rotatable bonds is 6. The van der Waals surface area contributed by atoms with Crippen LogP contribution in [0.25, 0.3) is 0 Å². The standard InChI is InChI=1S/C18H20F2N4O4S/c1-28-12-18(25)22-15-2-3-17(21-11-15)23-4-6-24(7-5-23)29(26,27)16-9-13(19)8-14(20)10-16/h2-3,8-11H,4-7,12H2,1H3,(H,22,25). The van der Waals surface area contributed by atoms with E-state index in [1.54, 1.807) is 12.1 Å². The molecule has 0 aliphatic carbocycles. The number of amides is 1. The molecule has 8 nitrogen and oxygen atoms in total. The third-order valence-corrected chi connectivity index (χ3v) is 6.22. The molecule has 2 heterocycles. The summed E-state index contributed by atoms with van der Waals surface area (Å²) in [5.74, 6) is -1.55. The van der Waals surface area contributed by atoms with Crippen molar-refractivity contribution in [3.8, 4) is 0 Å². The van der Waals surface area contributed by atoms with Gasteiger partial charge in [0.25, 0.3) is 0 Å². The van der Waals surface area contributed by atoms with Gasteiger partial charge in [0, 0.05) is 39.4 Å². The van der Waals surface area contributed by atoms with Crippen LogP contribution >= 0.6 is 0 Å². The third-order valence-electron chi connectivity index (χ3n) is 4.34. The largest absolute Gasteiger partial charge is 0.375 e. The van der Waals surface area contributed by atoms with Crippen molar-refractivity contribution in [3.05, 3.63) is 48.2 Å². The van der Waals surface area contributed by atoms with E-state index < -0.39 is 26.6 Å². The van der Waals surface area contributed by atoms with Gasteiger partial charge in [0.05, 0.1) is 16.8 Å². The number of carbonyl (C=O) groups excluding carboxylic acids is 1. The number of ether oxygens (including phenoxy) is 1. The highest BCUT2D eigenvalue weighted by atomic mass is 32.2. The first-order valence-corrected chi connectivity index (χ1v) is 10.2. The lowest BCUT2D eigenvalue weighted by atomic mass is 10.3. The molecule has 29 heavy (non-hydrogen) atoms. The molecule has 3 rings (SSSR count). The number of hydrogen-bond acceptors (Lipinski definition) is 6. The lowest BCUT2D eigenvalue weighted by Crippen LogP contribution is -2.48. The van der Waals surface area contributed by atoms with E-state index in [9.17, 15) is 22.0 Å². The van der Waals surface area contributed by atoms with Crippen molar-refractivity contribution in [2.75, 3.05) is 50.1 Å². The van der Waals surface area contributed by atoms with Crippen LogP contribution in [0.15, 0.2) is 41.4 Å². The Morgan fingerprint density at radius 1 is 1.14 bits per heavy atom. The van der Waals surface area contributed by atoms with Crippen LogP contribution in [-0.4, -0.2) is 63.5 Å². The zero-order valence-corrected chi connectivity index (χ0v) is 16.5. The van der Waals surface area contributed by atoms with Gasteiger partial charge in [-0.1, -0.05) is 0 Å². The maximum absolute atomic E-state index is 13.4. The number of piperazine rings is 1. The van der Waals surface area contributed by atoms with Gasteiger partial charge in [-0.2, -0.15) is 4.31 Å². The van der Waals surface area contributed by atoms with Gasteiger partial charge in [-0.3, -0.25) is 4.79 Å². The van der Waals surface area contributed by atoms with E-state index in [1.165, 1.54) is 17.6 Å². The maximum Gasteiger partial charge on any atom is 0.250 e. The second kappa shape index (κ2) is 8.80. The summed E-state index contributed by atoms with van der Waals surface area (Å²) in [6.07, 6.45) is 1.50. The van der Waals surface area contributed by atoms with Crippen LogP contribution in [0.4, 0.5) is 20.3 Å². The average Bonchev–Trinajstić information content (AvgIpc) is 2.68. The molecule has 1 aliphatic rings. The van der Waals surface area contributed by atoms with Gasteiger partial charge in [0.15, 0.2) is 0 Å². The summed E-state index contributed by atoms with van der Waals surface area (Å²) in [5, 5.41) is 2.63. The molecule has 11 heteroatoms. The summed E-state index contributed by atoms with van der Waals surface area (Å²) in [5.41, 5.74) is 0.519. The normalized spacial score (nSPS) is 15.3. The average molecular weight is 426 g/mol. The highest BCUT2D eigenvalue weighted by Crippen LogP contribution is 2.22. The van der Waals surface area contributed by atoms with Gasteiger partial charge in [-0.15, -0.1) is 0 Å². The van der Waals surface area contributed by atoms with Crippen molar-refractivity contribution in [2.24, 2.45) is 0 Å². The summed E-state index contributed by atoms with van der Waals surface area (Å²) in [4.78, 5) is 17.3. The summed E-state index contributed by atoms with van der Waals surface area (Å²) in [6, 6.07) is 5.65. The highest BCUT2D eigenvalue weighted by Gasteiger charge is 2.29. The van der Waals surface area contributed by atoms with Gasteiger partial charge in [-0.25, -0.2) is 22.2 Å². The molecule has 0 bridgehead atoms. The summed E-state index contributed by atoms with van der Waals surface area (Å²) < 4.78 is 58.0. The third kappa shape index (κ3) is 5.05. The molecular weight excluding hydrogens is 406 g/mol. The molecular formula is C18H20F2N4O4S. The van der Waals surface area contributed by atoms with Crippen LogP contribution in [0.3, 0.4) is 0 Å². The van der Waals surface area contributed by atoms with Crippen LogP contribution in [0, 0.1) is 11.6 Å². The molecule has 1 aromatic carbocycles. The Labute approximate surface area is 167 Å². The second-order valence-corrected chi connectivity index (χ2v) is 8.32. The number of sulfonamides is 1. The number of anilines is 2. The Morgan fingerprint density at radius 2 is 1.79 bits per heavy atom. The fraction of sp³-hybridized carbons (Fsp3) is 0.333. The topological polar surface area (TPSA) is 91.8 Å². The first kappa shape index (κ1) is 21.1. The second-order valence-electron chi connectivity index (χ2n) is 6.38. The van der Waals surface area contributed by atoms with Gasteiger partial charge >= 0.3 is 0 Å². The van der Waals surface area contributed by atoms with E-state index in [0.29, 0.717) is 30.7 Å². The van der Waals surface area contributed by atoms with Crippen molar-refractivity contribution in [3.63, 3.8) is 0 Å². The number of benzene rings is 1. The maximum atomic E-state index is 13.4. The van der Waals surface area contributed by atoms with Crippen molar-refractivity contribution in [2.45, 2.75) is 4.90 Å². The molecule has 1 saturated heterocycles. The molecule has 1 aromatic heterocycles. The molecule has 2 aromatic rings. The fourth-order valence-electron chi connectivity index (χ4n) is 2.96. The van der Waals surface area contributed by atoms with E-state index in [1.807, 2.05) is 4.90 Å². The van der Waals surface area contributed by atoms with Crippen molar-refractivity contribution < 1.29 is 26.7 Å². The molecule has 0 saturated carbocycles. The lowest BCUT2D eigenvalue weighted by Gasteiger charge is -2.34. The number of nitrogens with one attached hydrogen (secondary N) is 1. The van der Waals surface area contributed by atoms with Crippen LogP contribution < -0.4 is 10.2 Å². The van der Waals surface area contributed by atoms with Crippen molar-refractivity contribution in [1.29, 1.82) is 0 Å². The van der Waals surface area contributed by atoms with E-state index >= 15 is 0 Å². The smallest absolute Gasteiger partial charge is 0.250 e. The van der Waals surface area contributed by atoms with Crippen LogP contribution in [-0.2, 0) is 19.6 Å². The number of nitrogens with zero attached hydrogens (tertiary/aromatic N) is 3. The van der Waals surface area contributed by atoms with Gasteiger partial charge in [0.2, 0.25) is 15.9 Å². The predicted molar refractivity (Wildman–Crippen MR) is 102 cm³/mol. The molecule has 0 radical (unpaired) electrons. The Kier molecular flexibility index (Phi) is 6.40. The van der Waals surface area contributed by atoms with E-state index in [0.717, 1.165) is 12.1 Å². The molecule has 1 amide bonds. The number of carbonyl (C=O) groups is 1. The van der Waals surface area contributed by atoms with Crippen molar-refractivity contribution in [1.82, 2.24) is 9.29 Å². The van der Waals surface area contributed by atoms with Crippen LogP contribution in [0.1, 0.15) is 0 Å². The molecule has 0 unspecified atom stereocenters. The monoisotopic (exact) mass is 426 g/mol. The molecule has 1 N–H and O–H groups in total. The van der Waals surface area contributed by atoms with Crippen LogP contribution in [0.2, 0.25) is 0 Å². The summed E-state index contributed by atoms with van der Waals surface area (Å²) in [7, 11) is -2.57. The number of hydrogen-bond donors (Lipinski definition) is 1. The molecule has 156 valence electrons. The zero-order chi connectivity index (χ0) is 21.0. The van der Waals surface area contributed by atoms with Gasteiger partial charge in [0.1, 0.15) is 24.1 Å². The first-order valence-electron chi connectivity index (χ1n) is 8.75. The Bertz CT molecular complexity index is 958. The minimum Gasteiger partial charge on any atom is -0.375 e. The number of halogens is 2. The lowest BCUT2D eigenvalue weighted by molar-refractivity contribution is -0.119. The molecule has 0 spiro atoms. The SMILES string of the molecule is COCC(=O)Nc1ccc(N2CCN(S(=O)(=O)c3cc(F)cc(F)c3)CC2)nc1. The number of methoxy groups -OCH3 is 1. The van der Waals surface area contributed by atoms with E-state index in [2.05, 4.69) is 10.3 Å². The quantitative estimate of drug-likeness (QED) is 0.752. The van der Waals surface area contributed by atoms with Crippen LogP contribution in [0.5, 0.6) is 0 Å². The van der Waals surface area contributed by atoms with Gasteiger partial charge in [-0.05, 0) is 24.3 Å².